The third-order valence-electron chi connectivity index (χ3n) is 4.80. The third kappa shape index (κ3) is 2.23. The van der Waals surface area contributed by atoms with Crippen LogP contribution >= 0.6 is 0 Å². The Morgan fingerprint density at radius 2 is 1.46 bits per heavy atom. The maximum absolute atomic E-state index is 13.3. The number of nitrogens with one attached hydrogen (secondary N) is 1. The molecule has 0 aliphatic heterocycles. The van der Waals surface area contributed by atoms with Crippen LogP contribution in [-0.2, 0) is 0 Å². The molecule has 0 atom stereocenters. The van der Waals surface area contributed by atoms with Crippen molar-refractivity contribution in [3.05, 3.63) is 82.4 Å². The highest BCUT2D eigenvalue weighted by molar-refractivity contribution is 6.32. The Morgan fingerprint density at radius 3 is 2.08 bits per heavy atom. The Labute approximate surface area is 151 Å². The summed E-state index contributed by atoms with van der Waals surface area (Å²) in [6.07, 6.45) is 0. The van der Waals surface area contributed by atoms with Crippen LogP contribution in [0.15, 0.2) is 54.6 Å². The van der Waals surface area contributed by atoms with Gasteiger partial charge < -0.3 is 11.1 Å². The zero-order chi connectivity index (χ0) is 18.4. The van der Waals surface area contributed by atoms with Gasteiger partial charge >= 0.3 is 0 Å². The lowest BCUT2D eigenvalue weighted by Gasteiger charge is -2.24. The molecule has 0 aromatic heterocycles. The zero-order valence-electron chi connectivity index (χ0n) is 14.6. The molecule has 26 heavy (non-hydrogen) atoms. The first-order chi connectivity index (χ1) is 12.5. The number of carbonyl (C=O) groups is 2. The van der Waals surface area contributed by atoms with E-state index in [1.165, 1.54) is 0 Å². The molecule has 0 fully saturated rings. The lowest BCUT2D eigenvalue weighted by Crippen LogP contribution is -2.23. The fourth-order valence-corrected chi connectivity index (χ4v) is 3.62. The van der Waals surface area contributed by atoms with E-state index in [4.69, 9.17) is 5.73 Å². The van der Waals surface area contributed by atoms with Gasteiger partial charge in [0, 0.05) is 40.7 Å². The van der Waals surface area contributed by atoms with Crippen molar-refractivity contribution >= 4 is 22.9 Å². The van der Waals surface area contributed by atoms with Crippen molar-refractivity contribution in [2.75, 3.05) is 18.1 Å². The summed E-state index contributed by atoms with van der Waals surface area (Å²) < 4.78 is 0. The molecule has 0 saturated carbocycles. The van der Waals surface area contributed by atoms with Crippen LogP contribution in [0.1, 0.15) is 37.4 Å². The fraction of sp³-hybridized carbons (Fsp3) is 0.0909. The van der Waals surface area contributed by atoms with Gasteiger partial charge in [-0.05, 0) is 18.6 Å². The minimum Gasteiger partial charge on any atom is -0.398 e. The van der Waals surface area contributed by atoms with Crippen LogP contribution in [0.5, 0.6) is 0 Å². The molecule has 0 bridgehead atoms. The Bertz CT molecular complexity index is 1080. The van der Waals surface area contributed by atoms with Crippen molar-refractivity contribution in [3.63, 3.8) is 0 Å². The maximum Gasteiger partial charge on any atom is 0.196 e. The van der Waals surface area contributed by atoms with E-state index in [1.807, 2.05) is 31.2 Å². The number of ketones is 2. The van der Waals surface area contributed by atoms with E-state index >= 15 is 0 Å². The summed E-state index contributed by atoms with van der Waals surface area (Å²) >= 11 is 0. The number of nitrogens with two attached hydrogens (primary N) is 1. The van der Waals surface area contributed by atoms with Crippen molar-refractivity contribution in [1.29, 1.82) is 0 Å². The third-order valence-corrected chi connectivity index (χ3v) is 4.80. The van der Waals surface area contributed by atoms with Crippen molar-refractivity contribution < 1.29 is 9.59 Å². The molecule has 3 N–H and O–H groups in total. The summed E-state index contributed by atoms with van der Waals surface area (Å²) in [6.45, 7) is 1.98. The molecule has 4 heteroatoms. The molecule has 0 unspecified atom stereocenters. The molecule has 1 aliphatic carbocycles. The standard InChI is InChI=1S/C22H18N2O2/c1-12-6-5-7-13(10-12)18-16(23)11-17(24-2)19-20(18)22(26)15-9-4-3-8-14(15)21(19)25/h3-11,24H,23H2,1-2H3. The van der Waals surface area contributed by atoms with Crippen molar-refractivity contribution in [1.82, 2.24) is 0 Å². The van der Waals surface area contributed by atoms with Gasteiger partial charge in [-0.25, -0.2) is 0 Å². The minimum absolute atomic E-state index is 0.159. The first kappa shape index (κ1) is 16.1. The summed E-state index contributed by atoms with van der Waals surface area (Å²) in [6, 6.07) is 16.5. The van der Waals surface area contributed by atoms with Gasteiger partial charge in [-0.15, -0.1) is 0 Å². The summed E-state index contributed by atoms with van der Waals surface area (Å²) in [5.41, 5.74) is 11.5. The Balaban J connectivity index is 2.11. The number of carbonyl (C=O) groups excluding carboxylic acids is 2. The van der Waals surface area contributed by atoms with E-state index in [2.05, 4.69) is 5.32 Å². The van der Waals surface area contributed by atoms with Gasteiger partial charge in [-0.1, -0.05) is 54.1 Å². The number of fused-ring (bicyclic) bond motifs is 2. The fourth-order valence-electron chi connectivity index (χ4n) is 3.62. The van der Waals surface area contributed by atoms with E-state index in [-0.39, 0.29) is 11.6 Å². The molecular formula is C22H18N2O2. The van der Waals surface area contributed by atoms with Gasteiger partial charge in [0.05, 0.1) is 5.56 Å². The first-order valence-electron chi connectivity index (χ1n) is 8.42. The van der Waals surface area contributed by atoms with Gasteiger partial charge in [-0.2, -0.15) is 0 Å². The second kappa shape index (κ2) is 5.85. The highest BCUT2D eigenvalue weighted by Gasteiger charge is 2.34. The summed E-state index contributed by atoms with van der Waals surface area (Å²) in [4.78, 5) is 26.5. The van der Waals surface area contributed by atoms with Crippen LogP contribution in [0.4, 0.5) is 11.4 Å². The Morgan fingerprint density at radius 1 is 0.808 bits per heavy atom. The van der Waals surface area contributed by atoms with E-state index in [0.717, 1.165) is 11.1 Å². The summed E-state index contributed by atoms with van der Waals surface area (Å²) in [5.74, 6) is -0.330. The number of benzene rings is 3. The van der Waals surface area contributed by atoms with Crippen molar-refractivity contribution in [2.45, 2.75) is 6.92 Å². The highest BCUT2D eigenvalue weighted by Crippen LogP contribution is 2.41. The predicted octanol–water partition coefficient (Wildman–Crippen LogP) is 4.06. The summed E-state index contributed by atoms with van der Waals surface area (Å²) in [5, 5.41) is 3.01. The molecule has 0 amide bonds. The van der Waals surface area contributed by atoms with Crippen LogP contribution < -0.4 is 11.1 Å². The lowest BCUT2D eigenvalue weighted by molar-refractivity contribution is 0.0980. The number of hydrogen-bond donors (Lipinski definition) is 2. The molecule has 4 rings (SSSR count). The van der Waals surface area contributed by atoms with E-state index in [1.54, 1.807) is 37.4 Å². The molecule has 4 nitrogen and oxygen atoms in total. The Kier molecular flexibility index (Phi) is 3.62. The molecule has 128 valence electrons. The highest BCUT2D eigenvalue weighted by atomic mass is 16.1. The van der Waals surface area contributed by atoms with Crippen molar-refractivity contribution in [3.8, 4) is 11.1 Å². The normalized spacial score (nSPS) is 12.5. The van der Waals surface area contributed by atoms with Gasteiger partial charge in [0.2, 0.25) is 0 Å². The van der Waals surface area contributed by atoms with E-state index in [9.17, 15) is 9.59 Å². The number of aryl methyl sites for hydroxylation is 1. The number of hydrogen-bond acceptors (Lipinski definition) is 4. The Hall–Kier alpha value is -3.40. The number of rotatable bonds is 2. The van der Waals surface area contributed by atoms with E-state index < -0.39 is 0 Å². The molecule has 0 radical (unpaired) electrons. The second-order valence-corrected chi connectivity index (χ2v) is 6.46. The van der Waals surface area contributed by atoms with Crippen LogP contribution in [-0.4, -0.2) is 18.6 Å². The quantitative estimate of drug-likeness (QED) is 0.539. The molecule has 0 heterocycles. The molecule has 0 saturated heterocycles. The molecule has 1 aliphatic rings. The molecule has 3 aromatic rings. The minimum atomic E-state index is -0.171. The largest absolute Gasteiger partial charge is 0.398 e. The molecular weight excluding hydrogens is 324 g/mol. The summed E-state index contributed by atoms with van der Waals surface area (Å²) in [7, 11) is 1.72. The van der Waals surface area contributed by atoms with Crippen LogP contribution in [0, 0.1) is 6.92 Å². The first-order valence-corrected chi connectivity index (χ1v) is 8.42. The SMILES string of the molecule is CNc1cc(N)c(-c2cccc(C)c2)c2c1C(=O)c1ccccc1C2=O. The van der Waals surface area contributed by atoms with Crippen LogP contribution in [0.25, 0.3) is 11.1 Å². The maximum atomic E-state index is 13.3. The average molecular weight is 342 g/mol. The number of nitrogen functional groups attached to an aromatic ring is 1. The number of anilines is 2. The van der Waals surface area contributed by atoms with Gasteiger partial charge in [0.1, 0.15) is 0 Å². The van der Waals surface area contributed by atoms with Gasteiger partial charge in [0.15, 0.2) is 11.6 Å². The zero-order valence-corrected chi connectivity index (χ0v) is 14.6. The van der Waals surface area contributed by atoms with Crippen molar-refractivity contribution in [2.24, 2.45) is 0 Å². The van der Waals surface area contributed by atoms with Crippen LogP contribution in [0.3, 0.4) is 0 Å². The van der Waals surface area contributed by atoms with Gasteiger partial charge in [-0.3, -0.25) is 9.59 Å². The monoisotopic (exact) mass is 342 g/mol. The predicted molar refractivity (Wildman–Crippen MR) is 104 cm³/mol. The smallest absolute Gasteiger partial charge is 0.196 e. The molecule has 0 spiro atoms. The topological polar surface area (TPSA) is 72.2 Å². The lowest BCUT2D eigenvalue weighted by atomic mass is 9.79. The second-order valence-electron chi connectivity index (χ2n) is 6.46. The van der Waals surface area contributed by atoms with E-state index in [0.29, 0.717) is 39.2 Å². The van der Waals surface area contributed by atoms with Crippen LogP contribution in [0.2, 0.25) is 0 Å². The van der Waals surface area contributed by atoms with Gasteiger partial charge in [0.25, 0.3) is 0 Å². The average Bonchev–Trinajstić information content (AvgIpc) is 2.65. The molecule has 3 aromatic carbocycles.